The van der Waals surface area contributed by atoms with Crippen LogP contribution in [0.4, 0.5) is 13.2 Å². The highest BCUT2D eigenvalue weighted by molar-refractivity contribution is 5.99. The Labute approximate surface area is 490 Å². The lowest BCUT2D eigenvalue weighted by Crippen LogP contribution is -2.61. The number of nitrogens with one attached hydrogen (secondary N) is 9. The van der Waals surface area contributed by atoms with Gasteiger partial charge in [-0.25, -0.2) is 4.79 Å². The van der Waals surface area contributed by atoms with E-state index in [-0.39, 0.29) is 37.9 Å². The molecule has 24 nitrogen and oxygen atoms in total. The van der Waals surface area contributed by atoms with Gasteiger partial charge < -0.3 is 79.4 Å². The van der Waals surface area contributed by atoms with Crippen molar-refractivity contribution >= 4 is 86.0 Å². The second kappa shape index (κ2) is 30.2. The summed E-state index contributed by atoms with van der Waals surface area (Å²) in [4.78, 5) is 129. The van der Waals surface area contributed by atoms with Crippen molar-refractivity contribution in [3.63, 3.8) is 0 Å². The van der Waals surface area contributed by atoms with Gasteiger partial charge in [0.1, 0.15) is 42.0 Å². The molecular weight excluding hydrogens is 1130 g/mol. The van der Waals surface area contributed by atoms with Gasteiger partial charge in [0.25, 0.3) is 0 Å². The molecule has 86 heavy (non-hydrogen) atoms. The first-order valence-corrected chi connectivity index (χ1v) is 27.3. The van der Waals surface area contributed by atoms with Gasteiger partial charge in [-0.05, 0) is 84.3 Å². The Morgan fingerprint density at radius 2 is 0.895 bits per heavy atom. The Bertz CT molecular complexity index is 3530. The fraction of sp³-hybridized carbons (Fsp3) is 0.339. The third-order valence-corrected chi connectivity index (χ3v) is 14.0. The van der Waals surface area contributed by atoms with E-state index in [1.807, 2.05) is 66.7 Å². The highest BCUT2D eigenvalue weighted by atomic mass is 19.4. The Morgan fingerprint density at radius 1 is 0.523 bits per heavy atom. The van der Waals surface area contributed by atoms with Crippen LogP contribution < -0.4 is 49.1 Å². The molecule has 0 fully saturated rings. The van der Waals surface area contributed by atoms with Crippen LogP contribution in [0.15, 0.2) is 116 Å². The molecule has 0 bridgehead atoms. The molecule has 0 spiro atoms. The van der Waals surface area contributed by atoms with Crippen LogP contribution in [-0.2, 0) is 68.8 Å². The zero-order valence-corrected chi connectivity index (χ0v) is 46.8. The summed E-state index contributed by atoms with van der Waals surface area (Å²) in [5, 5.41) is 45.3. The summed E-state index contributed by atoms with van der Waals surface area (Å²) < 4.78 is 31.7. The number of hydrogen-bond donors (Lipinski definition) is 15. The number of carbonyl (C=O) groups excluding carboxylic acids is 7. The predicted octanol–water partition coefficient (Wildman–Crippen LogP) is 2.72. The first kappa shape index (κ1) is 65.4. The molecule has 3 heterocycles. The van der Waals surface area contributed by atoms with Crippen molar-refractivity contribution in [2.24, 2.45) is 23.1 Å². The number of aromatic amines is 3. The third-order valence-electron chi connectivity index (χ3n) is 14.0. The van der Waals surface area contributed by atoms with Gasteiger partial charge >= 0.3 is 18.1 Å². The number of halogens is 3. The summed E-state index contributed by atoms with van der Waals surface area (Å²) in [5.74, 6) is -10.4. The van der Waals surface area contributed by atoms with Crippen molar-refractivity contribution in [2.45, 2.75) is 114 Å². The summed E-state index contributed by atoms with van der Waals surface area (Å²) in [7, 11) is 0. The second-order valence-electron chi connectivity index (χ2n) is 20.8. The van der Waals surface area contributed by atoms with Crippen molar-refractivity contribution in [1.29, 1.82) is 0 Å². The number of nitrogens with two attached hydrogens (primary N) is 3. The molecule has 4 aromatic carbocycles. The monoisotopic (exact) mass is 1190 g/mol. The van der Waals surface area contributed by atoms with Crippen LogP contribution in [0, 0.1) is 5.92 Å². The molecule has 18 N–H and O–H groups in total. The number of hydrogen-bond acceptors (Lipinski definition) is 12. The topological polar surface area (TPSA) is 412 Å². The number of benzene rings is 4. The zero-order valence-electron chi connectivity index (χ0n) is 46.8. The Hall–Kier alpha value is -9.76. The molecule has 0 aliphatic heterocycles. The SMILES string of the molecule is CC(C)[C@H](NC(=O)[C@@H](Cc1c[nH]c2ccccc12)NC(=O)[C@H](Cc1ccc(O)cc1)NC(=O)[C@@H](N)CC(=O)O)C(=O)N[C@H](Cc1c[nH]c2ccccc12)C(=O)N[C@H](Cc1c[nH]c2ccccc12)C(=O)N[C@@H](CCCCN)C(N)=O.O=C(O)C(F)(F)F. The van der Waals surface area contributed by atoms with Gasteiger partial charge in [-0.1, -0.05) is 80.6 Å². The van der Waals surface area contributed by atoms with Crippen LogP contribution in [0.2, 0.25) is 0 Å². The summed E-state index contributed by atoms with van der Waals surface area (Å²) >= 11 is 0. The number of aromatic nitrogens is 3. The second-order valence-corrected chi connectivity index (χ2v) is 20.8. The van der Waals surface area contributed by atoms with Gasteiger partial charge in [0, 0.05) is 77.0 Å². The number of amides is 7. The normalized spacial score (nSPS) is 13.9. The molecular formula is C59H69F3N12O12. The number of primary amides is 1. The molecule has 27 heteroatoms. The van der Waals surface area contributed by atoms with Gasteiger partial charge in [0.15, 0.2) is 0 Å². The third kappa shape index (κ3) is 18.4. The largest absolute Gasteiger partial charge is 0.508 e. The van der Waals surface area contributed by atoms with Crippen LogP contribution in [-0.4, -0.2) is 139 Å². The lowest BCUT2D eigenvalue weighted by atomic mass is 9.98. The highest BCUT2D eigenvalue weighted by Crippen LogP contribution is 2.24. The molecule has 0 aliphatic carbocycles. The number of carboxylic acids is 2. The van der Waals surface area contributed by atoms with E-state index < -0.39 is 114 Å². The van der Waals surface area contributed by atoms with E-state index in [2.05, 4.69) is 46.9 Å². The molecule has 458 valence electrons. The van der Waals surface area contributed by atoms with Gasteiger partial charge in [0.05, 0.1) is 12.5 Å². The minimum absolute atomic E-state index is 0.0353. The van der Waals surface area contributed by atoms with E-state index in [1.54, 1.807) is 38.5 Å². The number of alkyl halides is 3. The molecule has 7 amide bonds. The molecule has 7 aromatic rings. The molecule has 7 atom stereocenters. The number of rotatable bonds is 28. The van der Waals surface area contributed by atoms with Crippen molar-refractivity contribution < 1.29 is 71.6 Å². The Kier molecular flexibility index (Phi) is 22.9. The number of phenols is 1. The van der Waals surface area contributed by atoms with Gasteiger partial charge in [-0.2, -0.15) is 13.2 Å². The summed E-state index contributed by atoms with van der Waals surface area (Å²) in [6.45, 7) is 3.73. The van der Waals surface area contributed by atoms with Crippen LogP contribution in [0.1, 0.15) is 61.8 Å². The van der Waals surface area contributed by atoms with Gasteiger partial charge in [0.2, 0.25) is 41.4 Å². The quantitative estimate of drug-likeness (QED) is 0.0314. The number of phenolic OH excluding ortho intramolecular Hbond substituents is 1. The number of carboxylic acid groups (broad SMARTS) is 2. The van der Waals surface area contributed by atoms with Crippen molar-refractivity contribution in [3.8, 4) is 5.75 Å². The van der Waals surface area contributed by atoms with E-state index in [9.17, 15) is 61.7 Å². The van der Waals surface area contributed by atoms with Crippen LogP contribution in [0.5, 0.6) is 5.75 Å². The fourth-order valence-corrected chi connectivity index (χ4v) is 9.47. The van der Waals surface area contributed by atoms with E-state index in [1.165, 1.54) is 24.3 Å². The van der Waals surface area contributed by atoms with Crippen molar-refractivity contribution in [3.05, 3.63) is 138 Å². The number of unbranched alkanes of at least 4 members (excludes halogenated alkanes) is 1. The van der Waals surface area contributed by atoms with Crippen LogP contribution in [0.25, 0.3) is 32.7 Å². The lowest BCUT2D eigenvalue weighted by Gasteiger charge is -2.29. The first-order chi connectivity index (χ1) is 40.8. The van der Waals surface area contributed by atoms with E-state index in [4.69, 9.17) is 27.1 Å². The summed E-state index contributed by atoms with van der Waals surface area (Å²) in [6.07, 6.45) is 0.173. The summed E-state index contributed by atoms with van der Waals surface area (Å²) in [6, 6.07) is 18.4. The van der Waals surface area contributed by atoms with E-state index in [0.29, 0.717) is 41.6 Å². The Balaban J connectivity index is 0.00000159. The molecule has 0 aliphatic rings. The molecule has 0 unspecified atom stereocenters. The van der Waals surface area contributed by atoms with Crippen LogP contribution >= 0.6 is 0 Å². The molecule has 0 saturated carbocycles. The number of para-hydroxylation sites is 3. The van der Waals surface area contributed by atoms with E-state index >= 15 is 0 Å². The maximum atomic E-state index is 14.9. The number of aromatic hydroxyl groups is 1. The molecule has 3 aromatic heterocycles. The Morgan fingerprint density at radius 3 is 1.28 bits per heavy atom. The minimum Gasteiger partial charge on any atom is -0.508 e. The number of aliphatic carboxylic acids is 2. The lowest BCUT2D eigenvalue weighted by molar-refractivity contribution is -0.192. The standard InChI is InChI=1S/C57H68N12O10.C2HF3O2/c1-31(2)50(69-56(78)48(26-35-30-63-43-16-8-5-13-39(35)43)67-53(75)45(23-32-18-20-36(70)21-19-32)65-52(74)40(59)27-49(71)72)57(79)68-47(25-34-29-62-42-15-7-4-12-38(34)42)55(77)66-46(24-33-28-61-41-14-6-3-11-37(33)41)54(76)64-44(51(60)73)17-9-10-22-58;3-2(4,5)1(6)7/h3-8,11-16,18-21,28-31,40,44-48,50,61-63,70H,9-10,17,22-27,58-59H2,1-2H3,(H2,60,73)(H,64,76)(H,65,74)(H,66,77)(H,67,75)(H,68,79)(H,69,78)(H,71,72);(H,6,7)/t40-,44-,45-,46+,47+,48+,50-;/m0./s1. The molecule has 0 saturated heterocycles. The number of fused-ring (bicyclic) bond motifs is 3. The molecule has 0 radical (unpaired) electrons. The number of H-pyrrole nitrogens is 3. The molecule has 7 rings (SSSR count). The van der Waals surface area contributed by atoms with Crippen LogP contribution in [0.3, 0.4) is 0 Å². The fourth-order valence-electron chi connectivity index (χ4n) is 9.47. The van der Waals surface area contributed by atoms with Gasteiger partial charge in [-0.3, -0.25) is 38.4 Å². The smallest absolute Gasteiger partial charge is 0.490 e. The van der Waals surface area contributed by atoms with E-state index in [0.717, 1.165) is 32.7 Å². The van der Waals surface area contributed by atoms with Crippen molar-refractivity contribution in [2.75, 3.05) is 6.54 Å². The minimum atomic E-state index is -5.08. The number of carbonyl (C=O) groups is 9. The first-order valence-electron chi connectivity index (χ1n) is 27.3. The highest BCUT2D eigenvalue weighted by Gasteiger charge is 2.39. The maximum Gasteiger partial charge on any atom is 0.490 e. The average Bonchev–Trinajstić information content (AvgIpc) is 2.59. The predicted molar refractivity (Wildman–Crippen MR) is 310 cm³/mol. The average molecular weight is 1200 g/mol. The maximum absolute atomic E-state index is 14.9. The summed E-state index contributed by atoms with van der Waals surface area (Å²) in [5.41, 5.74) is 22.1. The van der Waals surface area contributed by atoms with Crippen molar-refractivity contribution in [1.82, 2.24) is 46.9 Å². The zero-order chi connectivity index (χ0) is 62.8. The van der Waals surface area contributed by atoms with Gasteiger partial charge in [-0.15, -0.1) is 0 Å².